The molecule has 0 saturated heterocycles. The zero-order valence-corrected chi connectivity index (χ0v) is 8.84. The Balaban J connectivity index is 0.00000196. The van der Waals surface area contributed by atoms with Gasteiger partial charge in [0, 0.05) is 14.4 Å². The summed E-state index contributed by atoms with van der Waals surface area (Å²) in [6, 6.07) is 8.34. The van der Waals surface area contributed by atoms with E-state index >= 15 is 0 Å². The van der Waals surface area contributed by atoms with Gasteiger partial charge in [-0.15, -0.1) is 0 Å². The Morgan fingerprint density at radius 2 is 1.79 bits per heavy atom. The molecule has 0 atom stereocenters. The molecule has 0 heterocycles. The van der Waals surface area contributed by atoms with Gasteiger partial charge in [0.2, 0.25) is 5.91 Å². The van der Waals surface area contributed by atoms with Crippen LogP contribution in [0.25, 0.3) is 0 Å². The van der Waals surface area contributed by atoms with Gasteiger partial charge in [-0.3, -0.25) is 4.79 Å². The fourth-order valence-electron chi connectivity index (χ4n) is 1.22. The van der Waals surface area contributed by atoms with Gasteiger partial charge in [-0.05, 0) is 17.5 Å². The van der Waals surface area contributed by atoms with Crippen LogP contribution >= 0.6 is 0 Å². The summed E-state index contributed by atoms with van der Waals surface area (Å²) in [5.41, 5.74) is 2.49. The van der Waals surface area contributed by atoms with Gasteiger partial charge in [-0.1, -0.05) is 38.1 Å². The van der Waals surface area contributed by atoms with Crippen molar-refractivity contribution in [2.24, 2.45) is 0 Å². The molecule has 2 heteroatoms. The number of carbonyl (C=O) groups is 1. The maximum Gasteiger partial charge on any atom is 0.219 e. The molecule has 78 valence electrons. The molecule has 0 spiro atoms. The van der Waals surface area contributed by atoms with Crippen molar-refractivity contribution < 1.29 is 6.22 Å². The molecule has 1 aromatic carbocycles. The monoisotopic (exact) mass is 193 g/mol. The number of benzene rings is 1. The Morgan fingerprint density at radius 3 is 2.29 bits per heavy atom. The average molecular weight is 193 g/mol. The van der Waals surface area contributed by atoms with Crippen LogP contribution in [0, 0.1) is 0 Å². The second-order valence-electron chi connectivity index (χ2n) is 3.30. The quantitative estimate of drug-likeness (QED) is 0.782. The summed E-state index contributed by atoms with van der Waals surface area (Å²) >= 11 is 0. The van der Waals surface area contributed by atoms with Crippen LogP contribution in [0.5, 0.6) is 0 Å². The summed E-state index contributed by atoms with van der Waals surface area (Å²) < 4.78 is 0. The van der Waals surface area contributed by atoms with Gasteiger partial charge in [0.05, 0.1) is 0 Å². The maximum absolute atomic E-state index is 11.0. The lowest BCUT2D eigenvalue weighted by Crippen LogP contribution is -2.21. The van der Waals surface area contributed by atoms with Crippen molar-refractivity contribution in [1.82, 2.24) is 5.32 Å². The van der Waals surface area contributed by atoms with Crippen LogP contribution in [0.2, 0.25) is 0 Å². The second kappa shape index (κ2) is 5.43. The molecule has 0 radical (unpaired) electrons. The van der Waals surface area contributed by atoms with E-state index in [1.54, 1.807) is 0 Å². The standard InChI is InChI=1S/C12H17NO.H2/c1-3-10-5-7-11(8-6-10)9-13-12(14)4-2;/h5-8H,3-4,9H2,1-2H3,(H,13,14);1H. The fourth-order valence-corrected chi connectivity index (χ4v) is 1.22. The topological polar surface area (TPSA) is 29.1 Å². The van der Waals surface area contributed by atoms with E-state index in [1.807, 2.05) is 6.92 Å². The molecule has 0 fully saturated rings. The first-order valence-electron chi connectivity index (χ1n) is 5.10. The zero-order valence-electron chi connectivity index (χ0n) is 8.84. The summed E-state index contributed by atoms with van der Waals surface area (Å²) in [5.74, 6) is 0.101. The molecule has 0 unspecified atom stereocenters. The van der Waals surface area contributed by atoms with Crippen LogP contribution in [0.4, 0.5) is 0 Å². The molecule has 0 aliphatic rings. The lowest BCUT2D eigenvalue weighted by Gasteiger charge is -2.04. The Kier molecular flexibility index (Phi) is 4.17. The molecule has 1 N–H and O–H groups in total. The summed E-state index contributed by atoms with van der Waals surface area (Å²) in [4.78, 5) is 11.0. The SMILES string of the molecule is CCC(=O)NCc1ccc(CC)cc1.[HH]. The van der Waals surface area contributed by atoms with Crippen molar-refractivity contribution in [1.29, 1.82) is 0 Å². The highest BCUT2D eigenvalue weighted by molar-refractivity contribution is 5.75. The van der Waals surface area contributed by atoms with E-state index in [0.717, 1.165) is 12.0 Å². The third-order valence-electron chi connectivity index (χ3n) is 2.24. The average Bonchev–Trinajstić information content (AvgIpc) is 2.26. The highest BCUT2D eigenvalue weighted by Gasteiger charge is 1.97. The number of hydrogen-bond acceptors (Lipinski definition) is 1. The second-order valence-corrected chi connectivity index (χ2v) is 3.30. The minimum absolute atomic E-state index is 0. The first-order valence-corrected chi connectivity index (χ1v) is 5.10. The predicted octanol–water partition coefficient (Wildman–Crippen LogP) is 2.52. The van der Waals surface area contributed by atoms with Gasteiger partial charge >= 0.3 is 0 Å². The third-order valence-corrected chi connectivity index (χ3v) is 2.24. The number of hydrogen-bond donors (Lipinski definition) is 1. The van der Waals surface area contributed by atoms with Gasteiger partial charge in [0.1, 0.15) is 0 Å². The Labute approximate surface area is 86.8 Å². The van der Waals surface area contributed by atoms with Crippen molar-refractivity contribution in [3.05, 3.63) is 35.4 Å². The van der Waals surface area contributed by atoms with Crippen LogP contribution in [-0.2, 0) is 17.8 Å². The molecule has 1 amide bonds. The Bertz CT molecular complexity index is 295. The molecular weight excluding hydrogens is 174 g/mol. The Morgan fingerprint density at radius 1 is 1.21 bits per heavy atom. The normalized spacial score (nSPS) is 9.86. The minimum atomic E-state index is 0. The summed E-state index contributed by atoms with van der Waals surface area (Å²) in [7, 11) is 0. The van der Waals surface area contributed by atoms with Crippen LogP contribution in [0.3, 0.4) is 0 Å². The first kappa shape index (κ1) is 10.8. The molecule has 0 aliphatic carbocycles. The van der Waals surface area contributed by atoms with Gasteiger partial charge in [-0.25, -0.2) is 0 Å². The molecule has 0 bridgehead atoms. The molecule has 0 aromatic heterocycles. The van der Waals surface area contributed by atoms with Crippen molar-refractivity contribution in [2.75, 3.05) is 0 Å². The third kappa shape index (κ3) is 3.21. The lowest BCUT2D eigenvalue weighted by molar-refractivity contribution is -0.120. The van der Waals surface area contributed by atoms with Crippen LogP contribution in [0.15, 0.2) is 24.3 Å². The summed E-state index contributed by atoms with van der Waals surface area (Å²) in [6.45, 7) is 4.63. The number of aryl methyl sites for hydroxylation is 1. The van der Waals surface area contributed by atoms with E-state index in [0.29, 0.717) is 13.0 Å². The summed E-state index contributed by atoms with van der Waals surface area (Å²) in [6.07, 6.45) is 1.61. The maximum atomic E-state index is 11.0. The Hall–Kier alpha value is -1.31. The van der Waals surface area contributed by atoms with Crippen LogP contribution in [0.1, 0.15) is 32.8 Å². The molecule has 0 aliphatic heterocycles. The van der Waals surface area contributed by atoms with Crippen molar-refractivity contribution in [3.63, 3.8) is 0 Å². The molecule has 1 aromatic rings. The highest BCUT2D eigenvalue weighted by Crippen LogP contribution is 2.04. The van der Waals surface area contributed by atoms with E-state index in [1.165, 1.54) is 5.56 Å². The van der Waals surface area contributed by atoms with E-state index in [4.69, 9.17) is 0 Å². The smallest absolute Gasteiger partial charge is 0.219 e. The van der Waals surface area contributed by atoms with Crippen molar-refractivity contribution in [3.8, 4) is 0 Å². The van der Waals surface area contributed by atoms with E-state index in [-0.39, 0.29) is 7.33 Å². The van der Waals surface area contributed by atoms with Gasteiger partial charge in [-0.2, -0.15) is 0 Å². The number of nitrogens with one attached hydrogen (secondary N) is 1. The predicted molar refractivity (Wildman–Crippen MR) is 60.1 cm³/mol. The first-order chi connectivity index (χ1) is 6.76. The van der Waals surface area contributed by atoms with Crippen LogP contribution < -0.4 is 5.32 Å². The highest BCUT2D eigenvalue weighted by atomic mass is 16.1. The van der Waals surface area contributed by atoms with Crippen molar-refractivity contribution in [2.45, 2.75) is 33.2 Å². The van der Waals surface area contributed by atoms with E-state index in [9.17, 15) is 4.79 Å². The lowest BCUT2D eigenvalue weighted by atomic mass is 10.1. The molecule has 0 saturated carbocycles. The van der Waals surface area contributed by atoms with Gasteiger partial charge in [0.25, 0.3) is 0 Å². The van der Waals surface area contributed by atoms with Gasteiger partial charge in [0.15, 0.2) is 0 Å². The van der Waals surface area contributed by atoms with Gasteiger partial charge < -0.3 is 5.32 Å². The van der Waals surface area contributed by atoms with E-state index < -0.39 is 0 Å². The van der Waals surface area contributed by atoms with E-state index in [2.05, 4.69) is 36.5 Å². The number of amides is 1. The largest absolute Gasteiger partial charge is 0.352 e. The number of carbonyl (C=O) groups excluding carboxylic acids is 1. The fraction of sp³-hybridized carbons (Fsp3) is 0.417. The summed E-state index contributed by atoms with van der Waals surface area (Å²) in [5, 5.41) is 2.85. The molecule has 14 heavy (non-hydrogen) atoms. The molecular formula is C12H19NO. The number of rotatable bonds is 4. The van der Waals surface area contributed by atoms with Crippen LogP contribution in [-0.4, -0.2) is 5.91 Å². The minimum Gasteiger partial charge on any atom is -0.352 e. The molecule has 1 rings (SSSR count). The zero-order chi connectivity index (χ0) is 10.4. The van der Waals surface area contributed by atoms with Crippen molar-refractivity contribution >= 4 is 5.91 Å². The molecule has 2 nitrogen and oxygen atoms in total.